The molecule has 0 bridgehead atoms. The molecular weight excluding hydrogens is 250 g/mol. The van der Waals surface area contributed by atoms with E-state index >= 15 is 0 Å². The number of aromatic nitrogens is 2. The third kappa shape index (κ3) is 1.91. The number of nitriles is 1. The molecule has 1 heterocycles. The second kappa shape index (κ2) is 4.90. The molecule has 3 aromatic rings. The van der Waals surface area contributed by atoms with Gasteiger partial charge in [0.05, 0.1) is 11.4 Å². The number of hydrogen-bond donors (Lipinski definition) is 1. The van der Waals surface area contributed by atoms with Gasteiger partial charge in [-0.1, -0.05) is 60.7 Å². The van der Waals surface area contributed by atoms with E-state index in [9.17, 15) is 10.1 Å². The number of imidazole rings is 1. The molecule has 2 aromatic carbocycles. The highest BCUT2D eigenvalue weighted by Gasteiger charge is 2.16. The van der Waals surface area contributed by atoms with E-state index in [1.54, 1.807) is 0 Å². The Kier molecular flexibility index (Phi) is 2.94. The summed E-state index contributed by atoms with van der Waals surface area (Å²) in [5.74, 6) is 0. The Morgan fingerprint density at radius 1 is 0.900 bits per heavy atom. The largest absolute Gasteiger partial charge is 0.339 e. The van der Waals surface area contributed by atoms with Crippen LogP contribution in [0.3, 0.4) is 0 Å². The van der Waals surface area contributed by atoms with Crippen molar-refractivity contribution in [1.29, 1.82) is 5.26 Å². The average molecular weight is 261 g/mol. The van der Waals surface area contributed by atoms with E-state index in [1.165, 1.54) is 0 Å². The van der Waals surface area contributed by atoms with Gasteiger partial charge in [-0.15, -0.1) is 0 Å². The lowest BCUT2D eigenvalue weighted by Crippen LogP contribution is -2.13. The predicted octanol–water partition coefficient (Wildman–Crippen LogP) is 2.84. The summed E-state index contributed by atoms with van der Waals surface area (Å²) in [5, 5.41) is 9.21. The molecule has 0 fully saturated rings. The van der Waals surface area contributed by atoms with Gasteiger partial charge < -0.3 is 4.98 Å². The van der Waals surface area contributed by atoms with Crippen LogP contribution >= 0.6 is 0 Å². The summed E-state index contributed by atoms with van der Waals surface area (Å²) < 4.78 is 1.08. The van der Waals surface area contributed by atoms with Crippen LogP contribution in [0.15, 0.2) is 65.5 Å². The minimum Gasteiger partial charge on any atom is -0.304 e. The van der Waals surface area contributed by atoms with Gasteiger partial charge >= 0.3 is 5.69 Å². The molecule has 96 valence electrons. The van der Waals surface area contributed by atoms with Crippen LogP contribution in [0, 0.1) is 11.5 Å². The molecule has 0 aliphatic rings. The minimum absolute atomic E-state index is 0.426. The zero-order valence-corrected chi connectivity index (χ0v) is 10.6. The number of nitrogens with zero attached hydrogens (tertiary/aromatic N) is 2. The van der Waals surface area contributed by atoms with Crippen LogP contribution < -0.4 is 5.69 Å². The molecule has 20 heavy (non-hydrogen) atoms. The van der Waals surface area contributed by atoms with Crippen LogP contribution in [-0.2, 0) is 0 Å². The number of aromatic amines is 1. The maximum atomic E-state index is 11.9. The summed E-state index contributed by atoms with van der Waals surface area (Å²) in [6.45, 7) is 0. The zero-order valence-electron chi connectivity index (χ0n) is 10.6. The Bertz CT molecular complexity index is 824. The minimum atomic E-state index is -0.426. The maximum absolute atomic E-state index is 11.9. The molecule has 1 aromatic heterocycles. The fourth-order valence-electron chi connectivity index (χ4n) is 2.21. The molecule has 0 spiro atoms. The number of H-pyrrole nitrogens is 1. The van der Waals surface area contributed by atoms with Crippen molar-refractivity contribution in [1.82, 2.24) is 9.55 Å². The zero-order chi connectivity index (χ0) is 13.9. The van der Waals surface area contributed by atoms with Crippen LogP contribution in [0.5, 0.6) is 0 Å². The van der Waals surface area contributed by atoms with Crippen molar-refractivity contribution in [2.75, 3.05) is 0 Å². The molecule has 0 unspecified atom stereocenters. The molecule has 1 N–H and O–H groups in total. The van der Waals surface area contributed by atoms with Crippen LogP contribution in [-0.4, -0.2) is 9.55 Å². The van der Waals surface area contributed by atoms with E-state index in [0.29, 0.717) is 11.4 Å². The highest BCUT2D eigenvalue weighted by molar-refractivity contribution is 5.79. The van der Waals surface area contributed by atoms with Crippen LogP contribution in [0.2, 0.25) is 0 Å². The van der Waals surface area contributed by atoms with Crippen molar-refractivity contribution in [3.63, 3.8) is 0 Å². The average Bonchev–Trinajstić information content (AvgIpc) is 2.85. The van der Waals surface area contributed by atoms with Crippen molar-refractivity contribution < 1.29 is 0 Å². The molecule has 0 saturated carbocycles. The summed E-state index contributed by atoms with van der Waals surface area (Å²) in [6.07, 6.45) is 1.93. The van der Waals surface area contributed by atoms with E-state index in [1.807, 2.05) is 66.9 Å². The molecule has 4 nitrogen and oxygen atoms in total. The summed E-state index contributed by atoms with van der Waals surface area (Å²) in [5.41, 5.74) is 2.52. The fourth-order valence-corrected chi connectivity index (χ4v) is 2.21. The van der Waals surface area contributed by atoms with Crippen LogP contribution in [0.25, 0.3) is 22.5 Å². The molecule has 0 amide bonds. The molecule has 4 heteroatoms. The van der Waals surface area contributed by atoms with Crippen molar-refractivity contribution in [2.24, 2.45) is 0 Å². The van der Waals surface area contributed by atoms with Gasteiger partial charge in [0.1, 0.15) is 0 Å². The summed E-state index contributed by atoms with van der Waals surface area (Å²) >= 11 is 0. The lowest BCUT2D eigenvalue weighted by atomic mass is 10.1. The topological polar surface area (TPSA) is 61.6 Å². The van der Waals surface area contributed by atoms with Crippen LogP contribution in [0.4, 0.5) is 0 Å². The molecule has 0 radical (unpaired) electrons. The molecule has 0 aliphatic heterocycles. The van der Waals surface area contributed by atoms with Crippen molar-refractivity contribution in [2.45, 2.75) is 0 Å². The number of nitrogens with one attached hydrogen (secondary N) is 1. The Morgan fingerprint density at radius 2 is 1.45 bits per heavy atom. The van der Waals surface area contributed by atoms with E-state index in [4.69, 9.17) is 0 Å². The van der Waals surface area contributed by atoms with Crippen molar-refractivity contribution in [3.8, 4) is 28.7 Å². The van der Waals surface area contributed by atoms with Gasteiger partial charge in [0, 0.05) is 11.1 Å². The van der Waals surface area contributed by atoms with Crippen LogP contribution in [0.1, 0.15) is 0 Å². The van der Waals surface area contributed by atoms with E-state index in [-0.39, 0.29) is 0 Å². The molecule has 0 saturated heterocycles. The first-order valence-corrected chi connectivity index (χ1v) is 6.17. The molecule has 3 rings (SSSR count). The van der Waals surface area contributed by atoms with E-state index in [2.05, 4.69) is 4.98 Å². The Balaban J connectivity index is 2.33. The standard InChI is InChI=1S/C16H11N3O/c17-11-19-15(13-9-5-2-6-10-13)14(18-16(19)20)12-7-3-1-4-8-12/h1-10H,(H,18,20). The van der Waals surface area contributed by atoms with Gasteiger partial charge in [0.15, 0.2) is 6.19 Å². The smallest absolute Gasteiger partial charge is 0.304 e. The normalized spacial score (nSPS) is 10.2. The Hall–Kier alpha value is -3.06. The second-order valence-electron chi connectivity index (χ2n) is 4.32. The van der Waals surface area contributed by atoms with Gasteiger partial charge in [-0.2, -0.15) is 9.83 Å². The first kappa shape index (κ1) is 12.0. The van der Waals surface area contributed by atoms with Gasteiger partial charge in [-0.05, 0) is 0 Å². The second-order valence-corrected chi connectivity index (χ2v) is 4.32. The quantitative estimate of drug-likeness (QED) is 0.771. The number of rotatable bonds is 2. The van der Waals surface area contributed by atoms with E-state index in [0.717, 1.165) is 15.7 Å². The summed E-state index contributed by atoms with van der Waals surface area (Å²) in [6, 6.07) is 18.9. The maximum Gasteiger partial charge on any atom is 0.339 e. The van der Waals surface area contributed by atoms with Gasteiger partial charge in [0.2, 0.25) is 0 Å². The Labute approximate surface area is 115 Å². The molecule has 0 atom stereocenters. The lowest BCUT2D eigenvalue weighted by molar-refractivity contribution is 1.01. The first-order valence-electron chi connectivity index (χ1n) is 6.17. The summed E-state index contributed by atoms with van der Waals surface area (Å²) in [7, 11) is 0. The fraction of sp³-hybridized carbons (Fsp3) is 0. The molecule has 0 aliphatic carbocycles. The number of benzene rings is 2. The third-order valence-electron chi connectivity index (χ3n) is 3.11. The summed E-state index contributed by atoms with van der Waals surface area (Å²) in [4.78, 5) is 14.7. The highest BCUT2D eigenvalue weighted by Crippen LogP contribution is 2.28. The van der Waals surface area contributed by atoms with Gasteiger partial charge in [0.25, 0.3) is 0 Å². The van der Waals surface area contributed by atoms with Gasteiger partial charge in [-0.25, -0.2) is 4.79 Å². The molecular formula is C16H11N3O. The lowest BCUT2D eigenvalue weighted by Gasteiger charge is -2.05. The van der Waals surface area contributed by atoms with Gasteiger partial charge in [-0.3, -0.25) is 0 Å². The predicted molar refractivity (Wildman–Crippen MR) is 76.9 cm³/mol. The highest BCUT2D eigenvalue weighted by atomic mass is 16.1. The third-order valence-corrected chi connectivity index (χ3v) is 3.11. The van der Waals surface area contributed by atoms with Crippen molar-refractivity contribution in [3.05, 3.63) is 71.1 Å². The first-order chi connectivity index (χ1) is 9.81. The van der Waals surface area contributed by atoms with E-state index < -0.39 is 5.69 Å². The monoisotopic (exact) mass is 261 g/mol. The SMILES string of the molecule is N#Cn1c(-c2ccccc2)c(-c2ccccc2)[nH]c1=O. The van der Waals surface area contributed by atoms with Crippen molar-refractivity contribution >= 4 is 0 Å². The number of hydrogen-bond acceptors (Lipinski definition) is 2. The Morgan fingerprint density at radius 3 is 2.00 bits per heavy atom.